The summed E-state index contributed by atoms with van der Waals surface area (Å²) in [7, 11) is 5.40. The van der Waals surface area contributed by atoms with Crippen LogP contribution in [-0.2, 0) is 0 Å². The average molecular weight is 394 g/mol. The first kappa shape index (κ1) is 20.4. The van der Waals surface area contributed by atoms with Gasteiger partial charge in [-0.3, -0.25) is 9.59 Å². The molecule has 1 aromatic carbocycles. The van der Waals surface area contributed by atoms with Crippen molar-refractivity contribution in [2.75, 3.05) is 26.0 Å². The molecule has 1 aliphatic rings. The summed E-state index contributed by atoms with van der Waals surface area (Å²) in [6, 6.07) is 5.47. The molecule has 2 aromatic rings. The van der Waals surface area contributed by atoms with Crippen molar-refractivity contribution in [2.45, 2.75) is 33.6 Å². The Bertz CT molecular complexity index is 1110. The zero-order valence-electron chi connectivity index (χ0n) is 17.9. The Hall–Kier alpha value is -3.29. The number of nitrogens with one attached hydrogen (secondary N) is 1. The quantitative estimate of drug-likeness (QED) is 0.862. The van der Waals surface area contributed by atoms with E-state index < -0.39 is 0 Å². The SMILES string of the molecule is CNC(=O)c1cc(N(C)C)ccc1N=C1C(C)=Nn2c1nc(C(C)C)c(C)c2=O. The number of nitrogens with zero attached hydrogens (tertiary/aromatic N) is 5. The Labute approximate surface area is 170 Å². The van der Waals surface area contributed by atoms with Gasteiger partial charge in [0.1, 0.15) is 5.71 Å². The molecule has 0 saturated heterocycles. The number of rotatable bonds is 4. The lowest BCUT2D eigenvalue weighted by molar-refractivity contribution is 0.0964. The normalized spacial score (nSPS) is 14.2. The highest BCUT2D eigenvalue weighted by Gasteiger charge is 2.26. The van der Waals surface area contributed by atoms with Crippen molar-refractivity contribution >= 4 is 28.7 Å². The van der Waals surface area contributed by atoms with Crippen molar-refractivity contribution < 1.29 is 4.79 Å². The second-order valence-electron chi connectivity index (χ2n) is 7.54. The van der Waals surface area contributed by atoms with Gasteiger partial charge in [-0.05, 0) is 38.0 Å². The Morgan fingerprint density at radius 3 is 2.52 bits per heavy atom. The highest BCUT2D eigenvalue weighted by atomic mass is 16.1. The number of aromatic nitrogens is 2. The van der Waals surface area contributed by atoms with Crippen molar-refractivity contribution in [1.29, 1.82) is 0 Å². The van der Waals surface area contributed by atoms with E-state index in [1.807, 2.05) is 38.9 Å². The molecule has 152 valence electrons. The summed E-state index contributed by atoms with van der Waals surface area (Å²) in [4.78, 5) is 36.5. The van der Waals surface area contributed by atoms with Crippen molar-refractivity contribution in [3.8, 4) is 0 Å². The standard InChI is InChI=1S/C21H26N6O2/c1-11(2)17-12(3)21(29)27-19(24-17)18(13(4)25-27)23-16-9-8-14(26(6)7)10-15(16)20(28)22-5/h8-11H,1-7H3,(H,22,28). The van der Waals surface area contributed by atoms with Gasteiger partial charge in [-0.1, -0.05) is 13.8 Å². The van der Waals surface area contributed by atoms with Crippen molar-refractivity contribution in [3.63, 3.8) is 0 Å². The molecule has 8 nitrogen and oxygen atoms in total. The molecular formula is C21H26N6O2. The Morgan fingerprint density at radius 2 is 1.93 bits per heavy atom. The molecule has 0 radical (unpaired) electrons. The van der Waals surface area contributed by atoms with E-state index >= 15 is 0 Å². The minimum atomic E-state index is -0.238. The van der Waals surface area contributed by atoms with Crippen LogP contribution in [0.2, 0.25) is 0 Å². The van der Waals surface area contributed by atoms with Crippen LogP contribution in [0, 0.1) is 6.92 Å². The molecule has 1 aromatic heterocycles. The molecule has 0 saturated carbocycles. The molecule has 1 amide bonds. The maximum atomic E-state index is 12.8. The fourth-order valence-electron chi connectivity index (χ4n) is 3.24. The van der Waals surface area contributed by atoms with Gasteiger partial charge < -0.3 is 10.2 Å². The first-order valence-corrected chi connectivity index (χ1v) is 9.47. The van der Waals surface area contributed by atoms with Gasteiger partial charge in [0.25, 0.3) is 11.5 Å². The predicted molar refractivity (Wildman–Crippen MR) is 116 cm³/mol. The number of fused-ring (bicyclic) bond motifs is 1. The minimum Gasteiger partial charge on any atom is -0.378 e. The van der Waals surface area contributed by atoms with E-state index in [0.717, 1.165) is 11.4 Å². The van der Waals surface area contributed by atoms with Crippen LogP contribution in [0.15, 0.2) is 33.1 Å². The number of aliphatic imine (C=N–C) groups is 1. The molecule has 8 heteroatoms. The van der Waals surface area contributed by atoms with Gasteiger partial charge in [0.2, 0.25) is 0 Å². The van der Waals surface area contributed by atoms with E-state index in [1.54, 1.807) is 33.0 Å². The van der Waals surface area contributed by atoms with Crippen LogP contribution in [-0.4, -0.2) is 48.1 Å². The summed E-state index contributed by atoms with van der Waals surface area (Å²) in [5.41, 5.74) is 4.01. The van der Waals surface area contributed by atoms with Crippen molar-refractivity contribution in [1.82, 2.24) is 15.0 Å². The molecule has 0 atom stereocenters. The van der Waals surface area contributed by atoms with E-state index in [2.05, 4.69) is 10.4 Å². The fourth-order valence-corrected chi connectivity index (χ4v) is 3.24. The minimum absolute atomic E-state index is 0.0940. The number of anilines is 1. The monoisotopic (exact) mass is 394 g/mol. The third-order valence-corrected chi connectivity index (χ3v) is 4.88. The molecule has 1 N–H and O–H groups in total. The number of amides is 1. The second-order valence-corrected chi connectivity index (χ2v) is 7.54. The first-order chi connectivity index (χ1) is 13.6. The average Bonchev–Trinajstić information content (AvgIpc) is 2.99. The molecule has 0 unspecified atom stereocenters. The van der Waals surface area contributed by atoms with Crippen LogP contribution in [0.1, 0.15) is 54.1 Å². The lowest BCUT2D eigenvalue weighted by atomic mass is 10.1. The lowest BCUT2D eigenvalue weighted by Gasteiger charge is -2.15. The molecular weight excluding hydrogens is 368 g/mol. The smallest absolute Gasteiger partial charge is 0.277 e. The molecule has 0 spiro atoms. The summed E-state index contributed by atoms with van der Waals surface area (Å²) in [5.74, 6) is 0.260. The topological polar surface area (TPSA) is 91.9 Å². The van der Waals surface area contributed by atoms with Crippen LogP contribution < -0.4 is 15.8 Å². The van der Waals surface area contributed by atoms with Gasteiger partial charge in [0.15, 0.2) is 5.82 Å². The predicted octanol–water partition coefficient (Wildman–Crippen LogP) is 2.46. The maximum absolute atomic E-state index is 12.8. The van der Waals surface area contributed by atoms with Crippen molar-refractivity contribution in [3.05, 3.63) is 51.2 Å². The molecule has 0 fully saturated rings. The lowest BCUT2D eigenvalue weighted by Crippen LogP contribution is -2.26. The maximum Gasteiger partial charge on any atom is 0.277 e. The summed E-state index contributed by atoms with van der Waals surface area (Å²) >= 11 is 0. The Kier molecular flexibility index (Phi) is 5.37. The molecule has 29 heavy (non-hydrogen) atoms. The highest BCUT2D eigenvalue weighted by molar-refractivity contribution is 6.48. The van der Waals surface area contributed by atoms with Gasteiger partial charge in [0, 0.05) is 32.4 Å². The third-order valence-electron chi connectivity index (χ3n) is 4.88. The van der Waals surface area contributed by atoms with Crippen LogP contribution in [0.4, 0.5) is 11.4 Å². The van der Waals surface area contributed by atoms with Gasteiger partial charge >= 0.3 is 0 Å². The first-order valence-electron chi connectivity index (χ1n) is 9.47. The summed E-state index contributed by atoms with van der Waals surface area (Å²) in [5, 5.41) is 7.01. The fraction of sp³-hybridized carbons (Fsp3) is 0.381. The largest absolute Gasteiger partial charge is 0.378 e. The van der Waals surface area contributed by atoms with E-state index in [1.165, 1.54) is 4.68 Å². The van der Waals surface area contributed by atoms with E-state index in [9.17, 15) is 9.59 Å². The number of carbonyl (C=O) groups is 1. The zero-order chi connectivity index (χ0) is 21.5. The van der Waals surface area contributed by atoms with Crippen LogP contribution in [0.5, 0.6) is 0 Å². The van der Waals surface area contributed by atoms with Gasteiger partial charge in [-0.25, -0.2) is 9.98 Å². The molecule has 3 rings (SSSR count). The molecule has 0 aliphatic carbocycles. The molecule has 1 aliphatic heterocycles. The van der Waals surface area contributed by atoms with E-state index in [0.29, 0.717) is 34.1 Å². The Balaban J connectivity index is 2.23. The summed E-state index contributed by atoms with van der Waals surface area (Å²) in [6.07, 6.45) is 0. The summed E-state index contributed by atoms with van der Waals surface area (Å²) in [6.45, 7) is 7.54. The van der Waals surface area contributed by atoms with Crippen LogP contribution in [0.25, 0.3) is 0 Å². The number of carbonyl (C=O) groups excluding carboxylic acids is 1. The van der Waals surface area contributed by atoms with Gasteiger partial charge in [-0.2, -0.15) is 9.78 Å². The summed E-state index contributed by atoms with van der Waals surface area (Å²) < 4.78 is 1.29. The number of hydrogen-bond donors (Lipinski definition) is 1. The van der Waals surface area contributed by atoms with Crippen molar-refractivity contribution in [2.24, 2.45) is 10.1 Å². The van der Waals surface area contributed by atoms with Crippen LogP contribution >= 0.6 is 0 Å². The second kappa shape index (κ2) is 7.62. The number of hydrogen-bond acceptors (Lipinski definition) is 6. The Morgan fingerprint density at radius 1 is 1.24 bits per heavy atom. The number of benzene rings is 1. The molecule has 0 bridgehead atoms. The zero-order valence-corrected chi connectivity index (χ0v) is 17.9. The third kappa shape index (κ3) is 3.57. The van der Waals surface area contributed by atoms with Gasteiger partial charge in [0.05, 0.1) is 22.7 Å². The van der Waals surface area contributed by atoms with Gasteiger partial charge in [-0.15, -0.1) is 0 Å². The van der Waals surface area contributed by atoms with Crippen LogP contribution in [0.3, 0.4) is 0 Å². The van der Waals surface area contributed by atoms with E-state index in [4.69, 9.17) is 9.98 Å². The highest BCUT2D eigenvalue weighted by Crippen LogP contribution is 2.27. The molecule has 2 heterocycles. The van der Waals surface area contributed by atoms with E-state index in [-0.39, 0.29) is 17.4 Å².